The maximum atomic E-state index is 13.5. The molecule has 0 aromatic heterocycles. The highest BCUT2D eigenvalue weighted by Crippen LogP contribution is 2.23. The molecule has 0 aliphatic carbocycles. The zero-order valence-electron chi connectivity index (χ0n) is 11.9. The van der Waals surface area contributed by atoms with Crippen molar-refractivity contribution in [1.82, 2.24) is 9.80 Å². The average molecular weight is 343 g/mol. The molecule has 1 amide bonds. The molecular formula is C15H20BrFN2O. The van der Waals surface area contributed by atoms with E-state index in [1.165, 1.54) is 6.07 Å². The minimum absolute atomic E-state index is 0.129. The van der Waals surface area contributed by atoms with E-state index < -0.39 is 5.82 Å². The molecule has 1 saturated heterocycles. The molecule has 1 aromatic rings. The fourth-order valence-electron chi connectivity index (χ4n) is 2.59. The van der Waals surface area contributed by atoms with E-state index in [0.29, 0.717) is 11.5 Å². The van der Waals surface area contributed by atoms with Crippen LogP contribution in [0.1, 0.15) is 23.2 Å². The molecule has 0 bridgehead atoms. The van der Waals surface area contributed by atoms with Crippen LogP contribution >= 0.6 is 15.9 Å². The molecule has 0 spiro atoms. The summed E-state index contributed by atoms with van der Waals surface area (Å²) in [5.41, 5.74) is 0.389. The Bertz CT molecular complexity index is 487. The van der Waals surface area contributed by atoms with E-state index in [2.05, 4.69) is 27.9 Å². The number of amides is 1. The summed E-state index contributed by atoms with van der Waals surface area (Å²) in [4.78, 5) is 16.4. The Kier molecular flexibility index (Phi) is 5.16. The number of halogens is 2. The highest BCUT2D eigenvalue weighted by atomic mass is 79.9. The van der Waals surface area contributed by atoms with E-state index in [9.17, 15) is 9.18 Å². The maximum Gasteiger partial charge on any atom is 0.254 e. The third-order valence-corrected chi connectivity index (χ3v) is 4.70. The van der Waals surface area contributed by atoms with E-state index in [1.54, 1.807) is 24.1 Å². The SMILES string of the molecule is CN1CCC(CN(C)C(=O)c2cccc(F)c2Br)CC1. The third-order valence-electron chi connectivity index (χ3n) is 3.90. The van der Waals surface area contributed by atoms with Crippen LogP contribution in [0.3, 0.4) is 0 Å². The van der Waals surface area contributed by atoms with Crippen molar-refractivity contribution in [2.24, 2.45) is 5.92 Å². The van der Waals surface area contributed by atoms with Crippen LogP contribution in [-0.2, 0) is 0 Å². The summed E-state index contributed by atoms with van der Waals surface area (Å²) >= 11 is 3.15. The smallest absolute Gasteiger partial charge is 0.254 e. The number of benzene rings is 1. The highest BCUT2D eigenvalue weighted by molar-refractivity contribution is 9.10. The van der Waals surface area contributed by atoms with E-state index >= 15 is 0 Å². The summed E-state index contributed by atoms with van der Waals surface area (Å²) in [6, 6.07) is 4.56. The Morgan fingerprint density at radius 3 is 2.75 bits per heavy atom. The summed E-state index contributed by atoms with van der Waals surface area (Å²) in [6.07, 6.45) is 2.22. The Morgan fingerprint density at radius 2 is 2.10 bits per heavy atom. The van der Waals surface area contributed by atoms with Gasteiger partial charge >= 0.3 is 0 Å². The zero-order chi connectivity index (χ0) is 14.7. The Balaban J connectivity index is 2.00. The number of hydrogen-bond acceptors (Lipinski definition) is 2. The molecule has 1 aliphatic rings. The summed E-state index contributed by atoms with van der Waals surface area (Å²) in [7, 11) is 3.91. The van der Waals surface area contributed by atoms with Gasteiger partial charge in [-0.2, -0.15) is 0 Å². The zero-order valence-corrected chi connectivity index (χ0v) is 13.5. The molecule has 0 radical (unpaired) electrons. The number of likely N-dealkylation sites (tertiary alicyclic amines) is 1. The van der Waals surface area contributed by atoms with Crippen LogP contribution in [0.25, 0.3) is 0 Å². The first-order chi connectivity index (χ1) is 9.49. The van der Waals surface area contributed by atoms with Crippen molar-refractivity contribution in [3.63, 3.8) is 0 Å². The first kappa shape index (κ1) is 15.4. The van der Waals surface area contributed by atoms with Crippen molar-refractivity contribution in [2.45, 2.75) is 12.8 Å². The van der Waals surface area contributed by atoms with Crippen molar-refractivity contribution in [2.75, 3.05) is 33.7 Å². The van der Waals surface area contributed by atoms with Crippen molar-refractivity contribution in [3.05, 3.63) is 34.1 Å². The summed E-state index contributed by atoms with van der Waals surface area (Å²) in [5.74, 6) is 0.00586. The van der Waals surface area contributed by atoms with Gasteiger partial charge in [-0.3, -0.25) is 4.79 Å². The molecule has 1 heterocycles. The number of carbonyl (C=O) groups excluding carboxylic acids is 1. The standard InChI is InChI=1S/C15H20BrFN2O/c1-18-8-6-11(7-9-18)10-19(2)15(20)12-4-3-5-13(17)14(12)16/h3-5,11H,6-10H2,1-2H3. The molecule has 0 unspecified atom stereocenters. The largest absolute Gasteiger partial charge is 0.341 e. The molecule has 110 valence electrons. The van der Waals surface area contributed by atoms with Crippen LogP contribution in [0.5, 0.6) is 0 Å². The lowest BCUT2D eigenvalue weighted by atomic mass is 9.96. The molecule has 5 heteroatoms. The summed E-state index contributed by atoms with van der Waals surface area (Å²) in [6.45, 7) is 2.89. The Hall–Kier alpha value is -0.940. The molecule has 1 fully saturated rings. The van der Waals surface area contributed by atoms with E-state index in [1.807, 2.05) is 0 Å². The van der Waals surface area contributed by atoms with Crippen LogP contribution in [0.15, 0.2) is 22.7 Å². The normalized spacial score (nSPS) is 17.2. The Labute approximate surface area is 127 Å². The molecule has 0 atom stereocenters. The van der Waals surface area contributed by atoms with Crippen molar-refractivity contribution < 1.29 is 9.18 Å². The summed E-state index contributed by atoms with van der Waals surface area (Å²) in [5, 5.41) is 0. The van der Waals surface area contributed by atoms with Gasteiger partial charge in [-0.15, -0.1) is 0 Å². The average Bonchev–Trinajstić information content (AvgIpc) is 2.43. The fraction of sp³-hybridized carbons (Fsp3) is 0.533. The van der Waals surface area contributed by atoms with E-state index in [-0.39, 0.29) is 10.4 Å². The van der Waals surface area contributed by atoms with E-state index in [0.717, 1.165) is 32.5 Å². The molecule has 3 nitrogen and oxygen atoms in total. The molecule has 1 aliphatic heterocycles. The first-order valence-corrected chi connectivity index (χ1v) is 7.66. The van der Waals surface area contributed by atoms with Gasteiger partial charge in [-0.05, 0) is 67.0 Å². The minimum atomic E-state index is -0.399. The number of rotatable bonds is 3. The molecule has 20 heavy (non-hydrogen) atoms. The van der Waals surface area contributed by atoms with Crippen molar-refractivity contribution in [3.8, 4) is 0 Å². The van der Waals surface area contributed by atoms with Crippen LogP contribution < -0.4 is 0 Å². The molecule has 0 saturated carbocycles. The number of nitrogens with zero attached hydrogens (tertiary/aromatic N) is 2. The lowest BCUT2D eigenvalue weighted by Gasteiger charge is -2.31. The van der Waals surface area contributed by atoms with Gasteiger partial charge in [0.25, 0.3) is 5.91 Å². The van der Waals surface area contributed by atoms with Crippen LogP contribution in [0, 0.1) is 11.7 Å². The topological polar surface area (TPSA) is 23.6 Å². The third kappa shape index (κ3) is 3.58. The second-order valence-corrected chi connectivity index (χ2v) is 6.33. The molecule has 0 N–H and O–H groups in total. The Morgan fingerprint density at radius 1 is 1.45 bits per heavy atom. The second-order valence-electron chi connectivity index (χ2n) is 5.53. The summed E-state index contributed by atoms with van der Waals surface area (Å²) < 4.78 is 13.7. The van der Waals surface area contributed by atoms with Gasteiger partial charge in [0.15, 0.2) is 0 Å². The quantitative estimate of drug-likeness (QED) is 0.842. The number of hydrogen-bond donors (Lipinski definition) is 0. The number of piperidine rings is 1. The van der Waals surface area contributed by atoms with Gasteiger partial charge in [0, 0.05) is 13.6 Å². The van der Waals surface area contributed by atoms with Crippen LogP contribution in [0.2, 0.25) is 0 Å². The predicted octanol–water partition coefficient (Wildman–Crippen LogP) is 3.00. The molecule has 2 rings (SSSR count). The monoisotopic (exact) mass is 342 g/mol. The van der Waals surface area contributed by atoms with Crippen molar-refractivity contribution >= 4 is 21.8 Å². The van der Waals surface area contributed by atoms with E-state index in [4.69, 9.17) is 0 Å². The highest BCUT2D eigenvalue weighted by Gasteiger charge is 2.22. The van der Waals surface area contributed by atoms with Gasteiger partial charge in [-0.1, -0.05) is 6.07 Å². The first-order valence-electron chi connectivity index (χ1n) is 6.87. The van der Waals surface area contributed by atoms with Gasteiger partial charge in [0.05, 0.1) is 10.0 Å². The molecular weight excluding hydrogens is 323 g/mol. The van der Waals surface area contributed by atoms with Crippen molar-refractivity contribution in [1.29, 1.82) is 0 Å². The lowest BCUT2D eigenvalue weighted by Crippen LogP contribution is -2.38. The maximum absolute atomic E-state index is 13.5. The number of carbonyl (C=O) groups is 1. The fourth-order valence-corrected chi connectivity index (χ4v) is 3.02. The van der Waals surface area contributed by atoms with Gasteiger partial charge in [0.1, 0.15) is 5.82 Å². The lowest BCUT2D eigenvalue weighted by molar-refractivity contribution is 0.0745. The minimum Gasteiger partial charge on any atom is -0.341 e. The van der Waals surface area contributed by atoms with Gasteiger partial charge < -0.3 is 9.80 Å². The van der Waals surface area contributed by atoms with Crippen LogP contribution in [0.4, 0.5) is 4.39 Å². The van der Waals surface area contributed by atoms with Gasteiger partial charge in [-0.25, -0.2) is 4.39 Å². The van der Waals surface area contributed by atoms with Gasteiger partial charge in [0.2, 0.25) is 0 Å². The second kappa shape index (κ2) is 6.68. The molecule has 1 aromatic carbocycles. The predicted molar refractivity (Wildman–Crippen MR) is 81.3 cm³/mol. The van der Waals surface area contributed by atoms with Crippen LogP contribution in [-0.4, -0.2) is 49.4 Å².